The molecule has 0 saturated heterocycles. The molecule has 5 nitrogen and oxygen atoms in total. The van der Waals surface area contributed by atoms with Gasteiger partial charge in [-0.15, -0.1) is 0 Å². The molecule has 1 aromatic rings. The smallest absolute Gasteiger partial charge is 0.241 e. The number of aliphatic hydroxyl groups excluding tert-OH is 1. The van der Waals surface area contributed by atoms with Gasteiger partial charge in [-0.3, -0.25) is 9.69 Å². The van der Waals surface area contributed by atoms with Gasteiger partial charge in [0.05, 0.1) is 24.9 Å². The second-order valence-corrected chi connectivity index (χ2v) is 5.99. The normalized spacial score (nSPS) is 13.8. The Balaban J connectivity index is 2.77. The van der Waals surface area contributed by atoms with Gasteiger partial charge in [0.15, 0.2) is 0 Å². The highest BCUT2D eigenvalue weighted by Gasteiger charge is 2.20. The second-order valence-electron chi connectivity index (χ2n) is 5.59. The zero-order valence-electron chi connectivity index (χ0n) is 13.8. The minimum atomic E-state index is -0.378. The number of aliphatic hydroxyl groups is 1. The summed E-state index contributed by atoms with van der Waals surface area (Å²) in [4.78, 5) is 14.3. The summed E-state index contributed by atoms with van der Waals surface area (Å²) in [5.41, 5.74) is 1.47. The number of ether oxygens (including phenoxy) is 1. The molecule has 0 radical (unpaired) electrons. The molecular formula is C16H25ClN2O3. The zero-order chi connectivity index (χ0) is 16.9. The first-order valence-electron chi connectivity index (χ1n) is 7.29. The molecule has 0 bridgehead atoms. The molecule has 2 unspecified atom stereocenters. The fourth-order valence-corrected chi connectivity index (χ4v) is 2.10. The Kier molecular flexibility index (Phi) is 7.13. The van der Waals surface area contributed by atoms with E-state index in [0.29, 0.717) is 29.4 Å². The SMILES string of the molecule is COc1cc(Cl)c(C)cc1NC(=O)C(C)N(C)CCC(C)O. The van der Waals surface area contributed by atoms with Crippen molar-refractivity contribution in [2.45, 2.75) is 39.3 Å². The van der Waals surface area contributed by atoms with Crippen molar-refractivity contribution >= 4 is 23.2 Å². The van der Waals surface area contributed by atoms with Crippen molar-refractivity contribution in [2.24, 2.45) is 0 Å². The molecule has 0 aliphatic heterocycles. The fraction of sp³-hybridized carbons (Fsp3) is 0.562. The van der Waals surface area contributed by atoms with Gasteiger partial charge in [0, 0.05) is 17.6 Å². The van der Waals surface area contributed by atoms with Gasteiger partial charge in [-0.1, -0.05) is 11.6 Å². The van der Waals surface area contributed by atoms with E-state index in [-0.39, 0.29) is 18.1 Å². The van der Waals surface area contributed by atoms with Gasteiger partial charge < -0.3 is 15.2 Å². The standard InChI is InChI=1S/C16H25ClN2O3/c1-10-8-14(15(22-5)9-13(10)17)18-16(21)12(3)19(4)7-6-11(2)20/h8-9,11-12,20H,6-7H2,1-5H3,(H,18,21). The maximum atomic E-state index is 12.4. The Morgan fingerprint density at radius 2 is 2.09 bits per heavy atom. The minimum Gasteiger partial charge on any atom is -0.495 e. The number of nitrogens with zero attached hydrogens (tertiary/aromatic N) is 1. The van der Waals surface area contributed by atoms with Crippen molar-refractivity contribution in [3.05, 3.63) is 22.7 Å². The molecular weight excluding hydrogens is 304 g/mol. The number of carbonyl (C=O) groups excluding carboxylic acids is 1. The number of amides is 1. The summed E-state index contributed by atoms with van der Waals surface area (Å²) in [5, 5.41) is 12.8. The number of hydrogen-bond donors (Lipinski definition) is 2. The predicted octanol–water partition coefficient (Wildman–Crippen LogP) is 2.69. The molecule has 0 aliphatic rings. The number of carbonyl (C=O) groups is 1. The van der Waals surface area contributed by atoms with Crippen molar-refractivity contribution in [1.29, 1.82) is 0 Å². The summed E-state index contributed by atoms with van der Waals surface area (Å²) in [6.07, 6.45) is 0.244. The zero-order valence-corrected chi connectivity index (χ0v) is 14.6. The summed E-state index contributed by atoms with van der Waals surface area (Å²) in [6, 6.07) is 3.16. The quantitative estimate of drug-likeness (QED) is 0.808. The lowest BCUT2D eigenvalue weighted by Crippen LogP contribution is -2.40. The molecule has 0 aromatic heterocycles. The monoisotopic (exact) mass is 328 g/mol. The van der Waals surface area contributed by atoms with Crippen LogP contribution in [0.5, 0.6) is 5.75 Å². The van der Waals surface area contributed by atoms with Crippen molar-refractivity contribution in [1.82, 2.24) is 4.90 Å². The molecule has 1 amide bonds. The Hall–Kier alpha value is -1.30. The van der Waals surface area contributed by atoms with E-state index >= 15 is 0 Å². The molecule has 124 valence electrons. The molecule has 1 rings (SSSR count). The maximum Gasteiger partial charge on any atom is 0.241 e. The number of halogens is 1. The second kappa shape index (κ2) is 8.36. The highest BCUT2D eigenvalue weighted by molar-refractivity contribution is 6.31. The molecule has 0 fully saturated rings. The van der Waals surface area contributed by atoms with Crippen molar-refractivity contribution in [2.75, 3.05) is 26.0 Å². The van der Waals surface area contributed by atoms with E-state index in [9.17, 15) is 9.90 Å². The Morgan fingerprint density at radius 1 is 1.45 bits per heavy atom. The summed E-state index contributed by atoms with van der Waals surface area (Å²) in [5.74, 6) is 0.399. The van der Waals surface area contributed by atoms with E-state index in [4.69, 9.17) is 16.3 Å². The highest BCUT2D eigenvalue weighted by Crippen LogP contribution is 2.31. The molecule has 0 aliphatic carbocycles. The van der Waals surface area contributed by atoms with E-state index < -0.39 is 0 Å². The number of nitrogens with one attached hydrogen (secondary N) is 1. The van der Waals surface area contributed by atoms with Crippen LogP contribution in [0, 0.1) is 6.92 Å². The topological polar surface area (TPSA) is 61.8 Å². The number of anilines is 1. The largest absolute Gasteiger partial charge is 0.495 e. The van der Waals surface area contributed by atoms with Crippen molar-refractivity contribution in [3.8, 4) is 5.75 Å². The number of hydrogen-bond acceptors (Lipinski definition) is 4. The summed E-state index contributed by atoms with van der Waals surface area (Å²) < 4.78 is 5.26. The van der Waals surface area contributed by atoms with Crippen LogP contribution >= 0.6 is 11.6 Å². The molecule has 2 N–H and O–H groups in total. The lowest BCUT2D eigenvalue weighted by molar-refractivity contribution is -0.120. The van der Waals surface area contributed by atoms with Crippen molar-refractivity contribution in [3.63, 3.8) is 0 Å². The first-order valence-corrected chi connectivity index (χ1v) is 7.67. The molecule has 0 saturated carbocycles. The van der Waals surface area contributed by atoms with E-state index in [1.54, 1.807) is 19.1 Å². The highest BCUT2D eigenvalue weighted by atomic mass is 35.5. The van der Waals surface area contributed by atoms with Gasteiger partial charge in [0.25, 0.3) is 0 Å². The van der Waals surface area contributed by atoms with Crippen LogP contribution in [-0.2, 0) is 4.79 Å². The Labute approximate surface area is 137 Å². The lowest BCUT2D eigenvalue weighted by atomic mass is 10.2. The van der Waals surface area contributed by atoms with Crippen LogP contribution in [0.2, 0.25) is 5.02 Å². The summed E-state index contributed by atoms with van der Waals surface area (Å²) >= 11 is 6.06. The van der Waals surface area contributed by atoms with Crippen LogP contribution in [0.25, 0.3) is 0 Å². The molecule has 6 heteroatoms. The van der Waals surface area contributed by atoms with Crippen LogP contribution in [0.15, 0.2) is 12.1 Å². The predicted molar refractivity (Wildman–Crippen MR) is 89.8 cm³/mol. The number of benzene rings is 1. The molecule has 2 atom stereocenters. The third-order valence-corrected chi connectivity index (χ3v) is 4.09. The van der Waals surface area contributed by atoms with Gasteiger partial charge in [0.2, 0.25) is 5.91 Å². The maximum absolute atomic E-state index is 12.4. The third kappa shape index (κ3) is 5.16. The van der Waals surface area contributed by atoms with E-state index in [1.807, 2.05) is 25.8 Å². The number of rotatable bonds is 7. The minimum absolute atomic E-state index is 0.131. The van der Waals surface area contributed by atoms with Crippen LogP contribution in [0.1, 0.15) is 25.8 Å². The molecule has 0 heterocycles. The average molecular weight is 329 g/mol. The van der Waals surface area contributed by atoms with Crippen LogP contribution in [0.3, 0.4) is 0 Å². The van der Waals surface area contributed by atoms with E-state index in [0.717, 1.165) is 5.56 Å². The summed E-state index contributed by atoms with van der Waals surface area (Å²) in [7, 11) is 3.39. The van der Waals surface area contributed by atoms with E-state index in [2.05, 4.69) is 5.32 Å². The fourth-order valence-electron chi connectivity index (χ4n) is 1.95. The molecule has 1 aromatic carbocycles. The lowest BCUT2D eigenvalue weighted by Gasteiger charge is -2.24. The van der Waals surface area contributed by atoms with Gasteiger partial charge in [-0.25, -0.2) is 0 Å². The van der Waals surface area contributed by atoms with Gasteiger partial charge >= 0.3 is 0 Å². The van der Waals surface area contributed by atoms with Gasteiger partial charge in [-0.05, 0) is 45.9 Å². The molecule has 0 spiro atoms. The number of likely N-dealkylation sites (N-methyl/N-ethyl adjacent to an activating group) is 1. The molecule has 22 heavy (non-hydrogen) atoms. The van der Waals surface area contributed by atoms with Crippen LogP contribution in [0.4, 0.5) is 5.69 Å². The average Bonchev–Trinajstić information content (AvgIpc) is 2.47. The van der Waals surface area contributed by atoms with E-state index in [1.165, 1.54) is 7.11 Å². The number of methoxy groups -OCH3 is 1. The van der Waals surface area contributed by atoms with Gasteiger partial charge in [-0.2, -0.15) is 0 Å². The van der Waals surface area contributed by atoms with Gasteiger partial charge in [0.1, 0.15) is 5.75 Å². The summed E-state index contributed by atoms with van der Waals surface area (Å²) in [6.45, 7) is 6.07. The Morgan fingerprint density at radius 3 is 2.64 bits per heavy atom. The number of aryl methyl sites for hydroxylation is 1. The first-order chi connectivity index (χ1) is 10.3. The third-order valence-electron chi connectivity index (χ3n) is 3.68. The van der Waals surface area contributed by atoms with Crippen molar-refractivity contribution < 1.29 is 14.6 Å². The van der Waals surface area contributed by atoms with Crippen LogP contribution < -0.4 is 10.1 Å². The Bertz CT molecular complexity index is 520. The van der Waals surface area contributed by atoms with Crippen LogP contribution in [-0.4, -0.2) is 48.8 Å². The first kappa shape index (κ1) is 18.7.